The van der Waals surface area contributed by atoms with Crippen LogP contribution >= 0.6 is 15.9 Å². The fourth-order valence-electron chi connectivity index (χ4n) is 2.58. The van der Waals surface area contributed by atoms with Gasteiger partial charge in [0.25, 0.3) is 0 Å². The van der Waals surface area contributed by atoms with Crippen molar-refractivity contribution in [1.29, 1.82) is 0 Å². The highest BCUT2D eigenvalue weighted by Crippen LogP contribution is 2.41. The number of halogens is 2. The molecule has 0 bridgehead atoms. The number of ether oxygens (including phenoxy) is 1. The van der Waals surface area contributed by atoms with Crippen LogP contribution in [0.5, 0.6) is 5.75 Å². The number of aryl methyl sites for hydroxylation is 1. The molecule has 1 unspecified atom stereocenters. The summed E-state index contributed by atoms with van der Waals surface area (Å²) in [6.45, 7) is 1.94. The lowest BCUT2D eigenvalue weighted by Gasteiger charge is -2.31. The molecule has 104 valence electrons. The molecule has 0 aliphatic carbocycles. The van der Waals surface area contributed by atoms with Gasteiger partial charge < -0.3 is 10.5 Å². The molecule has 4 heteroatoms. The number of fused-ring (bicyclic) bond motifs is 1. The topological polar surface area (TPSA) is 35.2 Å². The molecule has 0 radical (unpaired) electrons. The summed E-state index contributed by atoms with van der Waals surface area (Å²) in [6, 6.07) is 10.7. The normalized spacial score (nSPS) is 21.2. The molecule has 0 spiro atoms. The maximum Gasteiger partial charge on any atom is 0.130 e. The Morgan fingerprint density at radius 1 is 1.20 bits per heavy atom. The standard InChI is InChI=1S/C16H15BrFNO/c1-9-2-4-13(18)11(6-9)16-8-14(19)12-7-10(17)3-5-15(12)20-16/h2-7,14,16H,8,19H2,1H3/t14-,16?/m1/s1. The summed E-state index contributed by atoms with van der Waals surface area (Å²) in [5.74, 6) is 0.492. The van der Waals surface area contributed by atoms with Crippen molar-refractivity contribution < 1.29 is 9.13 Å². The monoisotopic (exact) mass is 335 g/mol. The number of benzene rings is 2. The van der Waals surface area contributed by atoms with Gasteiger partial charge in [-0.1, -0.05) is 27.6 Å². The minimum absolute atomic E-state index is 0.152. The van der Waals surface area contributed by atoms with E-state index in [4.69, 9.17) is 10.5 Å². The first kappa shape index (κ1) is 13.6. The van der Waals surface area contributed by atoms with E-state index in [9.17, 15) is 4.39 Å². The lowest BCUT2D eigenvalue weighted by molar-refractivity contribution is 0.157. The van der Waals surface area contributed by atoms with Crippen molar-refractivity contribution in [3.05, 3.63) is 63.4 Å². The molecular weight excluding hydrogens is 321 g/mol. The Bertz CT molecular complexity index is 659. The third-order valence-electron chi connectivity index (χ3n) is 3.61. The van der Waals surface area contributed by atoms with Crippen LogP contribution in [0.2, 0.25) is 0 Å². The zero-order valence-electron chi connectivity index (χ0n) is 11.1. The molecule has 2 aromatic rings. The van der Waals surface area contributed by atoms with E-state index < -0.39 is 0 Å². The molecule has 0 saturated carbocycles. The average Bonchev–Trinajstić information content (AvgIpc) is 2.42. The molecule has 1 heterocycles. The summed E-state index contributed by atoms with van der Waals surface area (Å²) in [5, 5.41) is 0. The van der Waals surface area contributed by atoms with Gasteiger partial charge in [-0.2, -0.15) is 0 Å². The fraction of sp³-hybridized carbons (Fsp3) is 0.250. The van der Waals surface area contributed by atoms with Crippen LogP contribution in [0.1, 0.15) is 35.3 Å². The van der Waals surface area contributed by atoms with Gasteiger partial charge >= 0.3 is 0 Å². The molecule has 0 aromatic heterocycles. The van der Waals surface area contributed by atoms with E-state index in [2.05, 4.69) is 15.9 Å². The van der Waals surface area contributed by atoms with Crippen molar-refractivity contribution in [2.75, 3.05) is 0 Å². The van der Waals surface area contributed by atoms with Gasteiger partial charge in [-0.25, -0.2) is 4.39 Å². The second kappa shape index (κ2) is 5.19. The maximum absolute atomic E-state index is 14.0. The number of nitrogens with two attached hydrogens (primary N) is 1. The lowest BCUT2D eigenvalue weighted by atomic mass is 9.93. The third-order valence-corrected chi connectivity index (χ3v) is 4.10. The van der Waals surface area contributed by atoms with E-state index in [1.54, 1.807) is 6.07 Å². The smallest absolute Gasteiger partial charge is 0.130 e. The molecule has 0 amide bonds. The highest BCUT2D eigenvalue weighted by Gasteiger charge is 2.28. The second-order valence-electron chi connectivity index (χ2n) is 5.16. The van der Waals surface area contributed by atoms with Gasteiger partial charge in [0.2, 0.25) is 0 Å². The predicted octanol–water partition coefficient (Wildman–Crippen LogP) is 4.42. The molecule has 0 fully saturated rings. The Morgan fingerprint density at radius 2 is 2.00 bits per heavy atom. The van der Waals surface area contributed by atoms with Gasteiger partial charge in [-0.3, -0.25) is 0 Å². The Kier molecular flexibility index (Phi) is 3.52. The van der Waals surface area contributed by atoms with Crippen LogP contribution in [-0.4, -0.2) is 0 Å². The molecule has 2 nitrogen and oxygen atoms in total. The minimum atomic E-state index is -0.335. The van der Waals surface area contributed by atoms with Crippen molar-refractivity contribution in [2.24, 2.45) is 5.73 Å². The quantitative estimate of drug-likeness (QED) is 0.837. The molecule has 1 aliphatic heterocycles. The summed E-state index contributed by atoms with van der Waals surface area (Å²) >= 11 is 3.43. The zero-order valence-corrected chi connectivity index (χ0v) is 12.7. The van der Waals surface area contributed by atoms with Crippen molar-refractivity contribution in [2.45, 2.75) is 25.5 Å². The van der Waals surface area contributed by atoms with Crippen molar-refractivity contribution in [3.63, 3.8) is 0 Å². The van der Waals surface area contributed by atoms with Gasteiger partial charge in [0.05, 0.1) is 0 Å². The first-order valence-electron chi connectivity index (χ1n) is 6.52. The Labute approximate surface area is 125 Å². The van der Waals surface area contributed by atoms with Crippen molar-refractivity contribution in [3.8, 4) is 5.75 Å². The first-order chi connectivity index (χ1) is 9.54. The van der Waals surface area contributed by atoms with Crippen molar-refractivity contribution >= 4 is 15.9 Å². The van der Waals surface area contributed by atoms with Crippen LogP contribution in [0.25, 0.3) is 0 Å². The minimum Gasteiger partial charge on any atom is -0.485 e. The van der Waals surface area contributed by atoms with E-state index in [0.717, 1.165) is 21.3 Å². The van der Waals surface area contributed by atoms with Gasteiger partial charge in [-0.15, -0.1) is 0 Å². The molecule has 3 rings (SSSR count). The summed E-state index contributed by atoms with van der Waals surface area (Å²) in [4.78, 5) is 0. The number of hydrogen-bond acceptors (Lipinski definition) is 2. The van der Waals surface area contributed by atoms with E-state index in [-0.39, 0.29) is 18.0 Å². The van der Waals surface area contributed by atoms with Crippen LogP contribution in [0.15, 0.2) is 40.9 Å². The average molecular weight is 336 g/mol. The Balaban J connectivity index is 1.99. The highest BCUT2D eigenvalue weighted by molar-refractivity contribution is 9.10. The van der Waals surface area contributed by atoms with E-state index >= 15 is 0 Å². The van der Waals surface area contributed by atoms with Crippen LogP contribution in [0.3, 0.4) is 0 Å². The van der Waals surface area contributed by atoms with Crippen LogP contribution in [-0.2, 0) is 0 Å². The molecule has 20 heavy (non-hydrogen) atoms. The third kappa shape index (κ3) is 2.45. The van der Waals surface area contributed by atoms with Gasteiger partial charge in [0, 0.05) is 28.1 Å². The molecule has 2 atom stereocenters. The fourth-order valence-corrected chi connectivity index (χ4v) is 2.95. The van der Waals surface area contributed by atoms with E-state index in [1.165, 1.54) is 6.07 Å². The van der Waals surface area contributed by atoms with Crippen LogP contribution in [0.4, 0.5) is 4.39 Å². The number of rotatable bonds is 1. The summed E-state index contributed by atoms with van der Waals surface area (Å²) in [7, 11) is 0. The first-order valence-corrected chi connectivity index (χ1v) is 7.31. The largest absolute Gasteiger partial charge is 0.485 e. The molecule has 2 aromatic carbocycles. The molecule has 2 N–H and O–H groups in total. The number of hydrogen-bond donors (Lipinski definition) is 1. The summed E-state index contributed by atoms with van der Waals surface area (Å²) in [6.07, 6.45) is 0.239. The summed E-state index contributed by atoms with van der Waals surface area (Å²) < 4.78 is 20.9. The van der Waals surface area contributed by atoms with Crippen LogP contribution in [0, 0.1) is 12.7 Å². The van der Waals surface area contributed by atoms with Gasteiger partial charge in [0.1, 0.15) is 17.7 Å². The predicted molar refractivity (Wildman–Crippen MR) is 80.2 cm³/mol. The summed E-state index contributed by atoms with van der Waals surface area (Å²) in [5.41, 5.74) is 8.76. The van der Waals surface area contributed by atoms with E-state index in [1.807, 2.05) is 31.2 Å². The zero-order chi connectivity index (χ0) is 14.3. The van der Waals surface area contributed by atoms with Gasteiger partial charge in [-0.05, 0) is 37.3 Å². The highest BCUT2D eigenvalue weighted by atomic mass is 79.9. The SMILES string of the molecule is Cc1ccc(F)c(C2C[C@@H](N)c3cc(Br)ccc3O2)c1. The Hall–Kier alpha value is -1.39. The molecule has 0 saturated heterocycles. The lowest BCUT2D eigenvalue weighted by Crippen LogP contribution is -2.24. The van der Waals surface area contributed by atoms with Crippen molar-refractivity contribution in [1.82, 2.24) is 0 Å². The van der Waals surface area contributed by atoms with Crippen LogP contribution < -0.4 is 10.5 Å². The molecule has 1 aliphatic rings. The van der Waals surface area contributed by atoms with Gasteiger partial charge in [0.15, 0.2) is 0 Å². The Morgan fingerprint density at radius 3 is 2.80 bits per heavy atom. The second-order valence-corrected chi connectivity index (χ2v) is 6.07. The maximum atomic E-state index is 14.0. The molecular formula is C16H15BrFNO. The van der Waals surface area contributed by atoms with E-state index in [0.29, 0.717) is 12.0 Å².